The van der Waals surface area contributed by atoms with Gasteiger partial charge in [0, 0.05) is 0 Å². The van der Waals surface area contributed by atoms with Gasteiger partial charge in [-0.25, -0.2) is 4.79 Å². The fraction of sp³-hybridized carbons (Fsp3) is 0.462. The minimum absolute atomic E-state index is 0.375. The topological polar surface area (TPSA) is 66.2 Å². The second-order valence-electron chi connectivity index (χ2n) is 5.95. The van der Waals surface area contributed by atoms with E-state index in [4.69, 9.17) is 9.57 Å². The summed E-state index contributed by atoms with van der Waals surface area (Å²) >= 11 is 0. The van der Waals surface area contributed by atoms with Gasteiger partial charge < -0.3 is 4.74 Å². The van der Waals surface area contributed by atoms with E-state index in [-0.39, 0.29) is 0 Å². The normalized spacial score (nSPS) is 11.6. The summed E-state index contributed by atoms with van der Waals surface area (Å²) in [6.07, 6.45) is -0.754. The van der Waals surface area contributed by atoms with Crippen LogP contribution >= 0.6 is 0 Å². The second kappa shape index (κ2) is 5.62. The van der Waals surface area contributed by atoms with Crippen molar-refractivity contribution in [3.63, 3.8) is 0 Å². The number of carbonyl (C=O) groups is 1. The van der Waals surface area contributed by atoms with E-state index >= 15 is 0 Å². The number of aromatic nitrogens is 3. The maximum atomic E-state index is 11.6. The Morgan fingerprint density at radius 1 is 1.35 bits per heavy atom. The molecule has 1 heterocycles. The highest BCUT2D eigenvalue weighted by atomic mass is 28.3. The molecule has 0 amide bonds. The molecule has 0 aliphatic heterocycles. The van der Waals surface area contributed by atoms with Crippen molar-refractivity contribution < 1.29 is 14.4 Å². The van der Waals surface area contributed by atoms with Crippen LogP contribution in [0.1, 0.15) is 5.56 Å². The van der Waals surface area contributed by atoms with Crippen LogP contribution in [0.5, 0.6) is 0 Å². The van der Waals surface area contributed by atoms with Crippen LogP contribution in [0.4, 0.5) is 4.79 Å². The predicted molar refractivity (Wildman–Crippen MR) is 78.3 cm³/mol. The summed E-state index contributed by atoms with van der Waals surface area (Å²) in [5, 5.41) is 7.72. The van der Waals surface area contributed by atoms with E-state index in [9.17, 15) is 4.79 Å². The molecule has 6 nitrogen and oxygen atoms in total. The Bertz CT molecular complexity index is 619. The van der Waals surface area contributed by atoms with Gasteiger partial charge in [0.15, 0.2) is 0 Å². The van der Waals surface area contributed by atoms with Crippen LogP contribution in [-0.2, 0) is 4.74 Å². The molecule has 0 aliphatic rings. The van der Waals surface area contributed by atoms with Gasteiger partial charge in [-0.15, -0.1) is 19.2 Å². The number of carbonyl (C=O) groups excluding carboxylic acids is 1. The molecule has 1 aromatic carbocycles. The molecule has 7 heteroatoms. The van der Waals surface area contributed by atoms with E-state index in [0.29, 0.717) is 17.6 Å². The number of hydrogen-bond acceptors (Lipinski definition) is 5. The van der Waals surface area contributed by atoms with Crippen molar-refractivity contribution in [3.8, 4) is 0 Å². The van der Waals surface area contributed by atoms with Crippen molar-refractivity contribution in [1.29, 1.82) is 0 Å². The van der Waals surface area contributed by atoms with Gasteiger partial charge in [-0.2, -0.15) is 19.6 Å². The lowest BCUT2D eigenvalue weighted by molar-refractivity contribution is 0.0426. The average molecular weight is 293 g/mol. The van der Waals surface area contributed by atoms with Crippen LogP contribution in [-0.4, -0.2) is 36.0 Å². The van der Waals surface area contributed by atoms with Crippen LogP contribution in [0.2, 0.25) is 25.7 Å². The lowest BCUT2D eigenvalue weighted by atomic mass is 10.2. The first-order valence-corrected chi connectivity index (χ1v) is 10.2. The Balaban J connectivity index is 1.96. The van der Waals surface area contributed by atoms with Gasteiger partial charge in [0.05, 0.1) is 6.61 Å². The zero-order valence-electron chi connectivity index (χ0n) is 12.2. The van der Waals surface area contributed by atoms with Crippen LogP contribution in [0.25, 0.3) is 11.0 Å². The molecule has 0 N–H and O–H groups in total. The number of hydrogen-bond donors (Lipinski definition) is 0. The molecule has 0 aliphatic carbocycles. The number of aryl methyl sites for hydroxylation is 1. The van der Waals surface area contributed by atoms with Crippen molar-refractivity contribution in [2.24, 2.45) is 0 Å². The van der Waals surface area contributed by atoms with E-state index in [1.807, 2.05) is 19.1 Å². The molecule has 0 saturated heterocycles. The van der Waals surface area contributed by atoms with E-state index < -0.39 is 14.2 Å². The Labute approximate surface area is 118 Å². The van der Waals surface area contributed by atoms with Gasteiger partial charge in [0.2, 0.25) is 0 Å². The minimum Gasteiger partial charge on any atom is -0.436 e. The maximum Gasteiger partial charge on any atom is 0.535 e. The van der Waals surface area contributed by atoms with Gasteiger partial charge in [-0.05, 0) is 29.8 Å². The highest BCUT2D eigenvalue weighted by molar-refractivity contribution is 6.76. The van der Waals surface area contributed by atoms with Crippen LogP contribution in [0, 0.1) is 6.92 Å². The Morgan fingerprint density at radius 2 is 2.10 bits per heavy atom. The highest BCUT2D eigenvalue weighted by Gasteiger charge is 2.11. The predicted octanol–water partition coefficient (Wildman–Crippen LogP) is 2.64. The zero-order chi connectivity index (χ0) is 14.8. The molecule has 0 spiro atoms. The first kappa shape index (κ1) is 14.5. The number of ether oxygens (including phenoxy) is 1. The van der Waals surface area contributed by atoms with Crippen LogP contribution in [0.3, 0.4) is 0 Å². The third-order valence-corrected chi connectivity index (χ3v) is 4.51. The molecule has 2 rings (SSSR count). The molecular formula is C13H19N3O3Si-. The lowest BCUT2D eigenvalue weighted by Crippen LogP contribution is -2.26. The lowest BCUT2D eigenvalue weighted by Gasteiger charge is -2.26. The molecular weight excluding hydrogens is 274 g/mol. The van der Waals surface area contributed by atoms with Crippen molar-refractivity contribution >= 4 is 25.3 Å². The summed E-state index contributed by atoms with van der Waals surface area (Å²) in [6, 6.07) is 6.49. The summed E-state index contributed by atoms with van der Waals surface area (Å²) in [6.45, 7) is 8.99. The fourth-order valence-electron chi connectivity index (χ4n) is 1.62. The molecule has 0 bridgehead atoms. The van der Waals surface area contributed by atoms with Crippen LogP contribution in [0.15, 0.2) is 18.2 Å². The molecule has 0 atom stereocenters. The minimum atomic E-state index is -1.22. The number of rotatable bonds is 4. The van der Waals surface area contributed by atoms with Gasteiger partial charge in [0.25, 0.3) is 0 Å². The molecule has 109 valence electrons. The summed E-state index contributed by atoms with van der Waals surface area (Å²) in [5.41, 5.74) is 2.39. The molecule has 0 saturated carbocycles. The third kappa shape index (κ3) is 3.80. The summed E-state index contributed by atoms with van der Waals surface area (Å²) in [7, 11) is -1.22. The van der Waals surface area contributed by atoms with E-state index in [2.05, 4.69) is 30.0 Å². The van der Waals surface area contributed by atoms with E-state index in [1.165, 1.54) is 0 Å². The Morgan fingerprint density at radius 3 is 2.80 bits per heavy atom. The van der Waals surface area contributed by atoms with Crippen LogP contribution < -0.4 is 4.84 Å². The third-order valence-electron chi connectivity index (χ3n) is 2.80. The van der Waals surface area contributed by atoms with Gasteiger partial charge in [0.1, 0.15) is 11.0 Å². The molecule has 1 aromatic heterocycles. The number of fused-ring (bicyclic) bond motifs is 1. The number of benzene rings is 1. The van der Waals surface area contributed by atoms with Gasteiger partial charge >= 0.3 is 6.16 Å². The Hall–Kier alpha value is -1.89. The Kier molecular flexibility index (Phi) is 4.08. The van der Waals surface area contributed by atoms with Gasteiger partial charge in [-0.3, -0.25) is 4.84 Å². The standard InChI is InChI=1S/C13H19N3O3Si/c1-10-5-6-12-11(9-10)14-15-16(12)19-13(17)18-7-8-20(2,3)4/h5-6,9H,7-8H2,1-4H3/q-1. The van der Waals surface area contributed by atoms with Gasteiger partial charge in [-0.1, -0.05) is 10.9 Å². The van der Waals surface area contributed by atoms with Crippen molar-refractivity contribution in [3.05, 3.63) is 23.8 Å². The highest BCUT2D eigenvalue weighted by Crippen LogP contribution is 2.12. The molecule has 0 fully saturated rings. The average Bonchev–Trinajstić information content (AvgIpc) is 2.70. The summed E-state index contributed by atoms with van der Waals surface area (Å²) in [5.74, 6) is 0. The maximum absolute atomic E-state index is 11.6. The largest absolute Gasteiger partial charge is 0.535 e. The molecule has 0 radical (unpaired) electrons. The van der Waals surface area contributed by atoms with E-state index in [1.54, 1.807) is 6.07 Å². The fourth-order valence-corrected chi connectivity index (χ4v) is 2.33. The first-order chi connectivity index (χ1) is 9.35. The number of nitrogens with zero attached hydrogens (tertiary/aromatic N) is 3. The smallest absolute Gasteiger partial charge is 0.436 e. The molecule has 20 heavy (non-hydrogen) atoms. The first-order valence-electron chi connectivity index (χ1n) is 6.52. The quantitative estimate of drug-likeness (QED) is 0.492. The summed E-state index contributed by atoms with van der Waals surface area (Å²) < 4.78 is 5.05. The monoisotopic (exact) mass is 293 g/mol. The zero-order valence-corrected chi connectivity index (χ0v) is 13.2. The summed E-state index contributed by atoms with van der Waals surface area (Å²) in [4.78, 5) is 17.7. The molecule has 2 aromatic rings. The van der Waals surface area contributed by atoms with Crippen molar-refractivity contribution in [1.82, 2.24) is 15.2 Å². The van der Waals surface area contributed by atoms with E-state index in [0.717, 1.165) is 16.5 Å². The second-order valence-corrected chi connectivity index (χ2v) is 11.6. The van der Waals surface area contributed by atoms with Crippen molar-refractivity contribution in [2.45, 2.75) is 32.6 Å². The SMILES string of the molecule is Cc1ccc2c(c1)nnn2OC(=O)OCC[Si-](C)(C)C. The van der Waals surface area contributed by atoms with Crippen molar-refractivity contribution in [2.75, 3.05) is 6.61 Å². The molecule has 0 unspecified atom stereocenters.